The van der Waals surface area contributed by atoms with Crippen molar-refractivity contribution in [1.29, 1.82) is 0 Å². The zero-order valence-electron chi connectivity index (χ0n) is 36.9. The number of nitrogens with zero attached hydrogens (tertiary/aromatic N) is 2. The van der Waals surface area contributed by atoms with Gasteiger partial charge in [-0.25, -0.2) is 30.3 Å². The molecule has 2 aromatic heterocycles. The van der Waals surface area contributed by atoms with Crippen LogP contribution in [0.2, 0.25) is 0 Å². The first-order valence-electron chi connectivity index (χ1n) is 21.7. The Morgan fingerprint density at radius 3 is 1.45 bits per heavy atom. The van der Waals surface area contributed by atoms with Crippen molar-refractivity contribution in [3.8, 4) is 0 Å². The van der Waals surface area contributed by atoms with Gasteiger partial charge in [-0.1, -0.05) is 24.3 Å². The van der Waals surface area contributed by atoms with Gasteiger partial charge in [0.25, 0.3) is 9.05 Å². The molecule has 4 aromatic carbocycles. The summed E-state index contributed by atoms with van der Waals surface area (Å²) in [5.41, 5.74) is 9.56. The van der Waals surface area contributed by atoms with E-state index in [1.807, 2.05) is 67.7 Å². The van der Waals surface area contributed by atoms with E-state index in [4.69, 9.17) is 16.4 Å². The Hall–Kier alpha value is -5.13. The molecule has 0 aliphatic heterocycles. The number of carbonyl (C=O) groups excluding carboxylic acids is 2. The highest BCUT2D eigenvalue weighted by Gasteiger charge is 2.30. The van der Waals surface area contributed by atoms with Crippen LogP contribution in [0.5, 0.6) is 0 Å². The molecule has 0 bridgehead atoms. The Kier molecular flexibility index (Phi) is 16.3. The van der Waals surface area contributed by atoms with Crippen molar-refractivity contribution < 1.29 is 35.2 Å². The van der Waals surface area contributed by atoms with E-state index in [0.29, 0.717) is 25.7 Å². The predicted octanol–water partition coefficient (Wildman–Crippen LogP) is 8.66. The van der Waals surface area contributed by atoms with Crippen LogP contribution < -0.4 is 21.1 Å². The van der Waals surface area contributed by atoms with Crippen LogP contribution in [0.15, 0.2) is 119 Å². The van der Waals surface area contributed by atoms with Crippen molar-refractivity contribution in [3.63, 3.8) is 0 Å². The van der Waals surface area contributed by atoms with Gasteiger partial charge < -0.3 is 25.5 Å². The summed E-state index contributed by atoms with van der Waals surface area (Å²) >= 11 is 0. The normalized spacial score (nSPS) is 19.8. The second-order valence-corrected chi connectivity index (χ2v) is 21.4. The number of rotatable bonds is 10. The molecule has 2 atom stereocenters. The van der Waals surface area contributed by atoms with Crippen LogP contribution in [0, 0.1) is 23.5 Å². The van der Waals surface area contributed by atoms with Gasteiger partial charge in [-0.2, -0.15) is 0 Å². The van der Waals surface area contributed by atoms with Gasteiger partial charge in [0, 0.05) is 82.9 Å². The largest absolute Gasteiger partial charge is 0.351 e. The molecule has 65 heavy (non-hydrogen) atoms. The molecule has 17 heteroatoms. The number of sulfonamides is 1. The lowest BCUT2D eigenvalue weighted by Gasteiger charge is -2.29. The van der Waals surface area contributed by atoms with Crippen molar-refractivity contribution in [2.75, 3.05) is 0 Å². The van der Waals surface area contributed by atoms with E-state index in [0.717, 1.165) is 58.6 Å². The average molecular weight is 952 g/mol. The number of fused-ring (bicyclic) bond motifs is 2. The number of aromatic nitrogens is 2. The van der Waals surface area contributed by atoms with Crippen LogP contribution in [0.3, 0.4) is 0 Å². The molecular weight excluding hydrogens is 894 g/mol. The van der Waals surface area contributed by atoms with Gasteiger partial charge in [-0.15, -0.1) is 0 Å². The molecular formula is C48H57ClF2N6O6S2. The number of nitrogens with one attached hydrogen (secondary N) is 3. The van der Waals surface area contributed by atoms with Crippen LogP contribution in [0.25, 0.3) is 21.8 Å². The summed E-state index contributed by atoms with van der Waals surface area (Å²) in [6.07, 6.45) is 9.79. The number of nitrogens with two attached hydrogens (primary N) is 1. The fourth-order valence-corrected chi connectivity index (χ4v) is 10.4. The monoisotopic (exact) mass is 950 g/mol. The minimum atomic E-state index is -3.63. The van der Waals surface area contributed by atoms with Gasteiger partial charge in [0.2, 0.25) is 21.8 Å². The number of amides is 2. The summed E-state index contributed by atoms with van der Waals surface area (Å²) in [7, 11) is 1.80. The predicted molar refractivity (Wildman–Crippen MR) is 251 cm³/mol. The fourth-order valence-electron chi connectivity index (χ4n) is 8.31. The minimum absolute atomic E-state index is 0.0438. The molecule has 0 saturated heterocycles. The third-order valence-corrected chi connectivity index (χ3v) is 15.2. The number of hydrogen-bond acceptors (Lipinski definition) is 7. The van der Waals surface area contributed by atoms with E-state index >= 15 is 0 Å². The Balaban J connectivity index is 0.000000179. The summed E-state index contributed by atoms with van der Waals surface area (Å²) in [4.78, 5) is 25.2. The first-order chi connectivity index (χ1) is 30.8. The smallest absolute Gasteiger partial charge is 0.261 e. The topological polar surface area (TPSA) is 174 Å². The van der Waals surface area contributed by atoms with Crippen LogP contribution in [-0.2, 0) is 42.8 Å². The average Bonchev–Trinajstić information content (AvgIpc) is 3.85. The maximum atomic E-state index is 13.1. The van der Waals surface area contributed by atoms with Crippen molar-refractivity contribution >= 4 is 63.4 Å². The zero-order chi connectivity index (χ0) is 47.1. The molecule has 2 saturated carbocycles. The zero-order valence-corrected chi connectivity index (χ0v) is 39.3. The van der Waals surface area contributed by atoms with E-state index in [2.05, 4.69) is 15.4 Å². The molecule has 6 aromatic rings. The highest BCUT2D eigenvalue weighted by molar-refractivity contribution is 8.13. The van der Waals surface area contributed by atoms with Crippen LogP contribution in [0.1, 0.15) is 88.4 Å². The van der Waals surface area contributed by atoms with E-state index in [9.17, 15) is 35.2 Å². The van der Waals surface area contributed by atoms with Crippen molar-refractivity contribution in [2.45, 2.75) is 99.2 Å². The van der Waals surface area contributed by atoms with Crippen LogP contribution >= 0.6 is 10.7 Å². The van der Waals surface area contributed by atoms with Crippen LogP contribution in [-0.4, -0.2) is 49.9 Å². The molecule has 2 aliphatic rings. The summed E-state index contributed by atoms with van der Waals surface area (Å²) in [5, 5.41) is 7.74. The molecule has 2 amide bonds. The molecule has 348 valence electrons. The molecule has 5 N–H and O–H groups in total. The quantitative estimate of drug-likeness (QED) is 0.0995. The first-order valence-corrected chi connectivity index (χ1v) is 25.5. The lowest BCUT2D eigenvalue weighted by Crippen LogP contribution is -2.41. The molecule has 2 fully saturated rings. The van der Waals surface area contributed by atoms with Crippen molar-refractivity contribution in [1.82, 2.24) is 24.5 Å². The van der Waals surface area contributed by atoms with Gasteiger partial charge >= 0.3 is 0 Å². The maximum absolute atomic E-state index is 13.1. The van der Waals surface area contributed by atoms with E-state index in [1.54, 1.807) is 48.5 Å². The lowest BCUT2D eigenvalue weighted by atomic mass is 9.85. The maximum Gasteiger partial charge on any atom is 0.261 e. The summed E-state index contributed by atoms with van der Waals surface area (Å²) < 4.78 is 80.4. The van der Waals surface area contributed by atoms with Gasteiger partial charge in [-0.05, 0) is 149 Å². The number of hydrogen-bond donors (Lipinski definition) is 4. The highest BCUT2D eigenvalue weighted by atomic mass is 35.7. The molecule has 0 spiro atoms. The Bertz CT molecular complexity index is 2800. The van der Waals surface area contributed by atoms with Gasteiger partial charge in [0.05, 0.1) is 21.9 Å². The van der Waals surface area contributed by atoms with Crippen molar-refractivity contribution in [3.05, 3.63) is 132 Å². The number of carbonyl (C=O) groups is 2. The van der Waals surface area contributed by atoms with Gasteiger partial charge in [0.15, 0.2) is 0 Å². The van der Waals surface area contributed by atoms with Crippen molar-refractivity contribution in [2.24, 2.45) is 31.7 Å². The first kappa shape index (κ1) is 49.3. The number of aryl methyl sites for hydroxylation is 2. The third kappa shape index (κ3) is 13.3. The van der Waals surface area contributed by atoms with E-state index < -0.39 is 19.1 Å². The van der Waals surface area contributed by atoms with Gasteiger partial charge in [-0.3, -0.25) is 9.59 Å². The Labute approximate surface area is 384 Å². The van der Waals surface area contributed by atoms with E-state index in [1.165, 1.54) is 30.3 Å². The Morgan fingerprint density at radius 1 is 0.615 bits per heavy atom. The molecule has 8 rings (SSSR count). The number of benzene rings is 4. The van der Waals surface area contributed by atoms with Crippen LogP contribution in [0.4, 0.5) is 8.78 Å². The fraction of sp³-hybridized carbons (Fsp3) is 0.375. The standard InChI is InChI=1S/C24H28FN3O3S.C15H21FN2O.C9H8ClNO2S/c1-16(17-3-7-20(25)8-4-17)26-24(29)18-5-9-21(10-6-18)27-32(30,31)22-11-12-23-19(15-22)13-14-28(23)2;1-10(11-2-6-13(16)7-3-11)18-15(19)12-4-8-14(17)9-5-12;1-11-5-4-7-6-8(14(10,12)13)2-3-9(7)11/h3-4,7-8,11-16,18,21,27H,5-6,9-10H2,1-2H3,(H,26,29);2-3,6-7,10,12,14H,4-5,8-9,17H2,1H3,(H,18,19);2-6H,1H3/t16-,18?,21?;10-,12?,14?;/m11./s1. The molecule has 2 heterocycles. The number of halogens is 3. The van der Waals surface area contributed by atoms with Gasteiger partial charge in [0.1, 0.15) is 11.6 Å². The Morgan fingerprint density at radius 2 is 1.02 bits per heavy atom. The second kappa shape index (κ2) is 21.5. The second-order valence-electron chi connectivity index (χ2n) is 17.1. The summed E-state index contributed by atoms with van der Waals surface area (Å²) in [6, 6.07) is 25.8. The summed E-state index contributed by atoms with van der Waals surface area (Å²) in [5.74, 6) is -0.608. The highest BCUT2D eigenvalue weighted by Crippen LogP contribution is 2.29. The lowest BCUT2D eigenvalue weighted by molar-refractivity contribution is -0.127. The molecule has 0 unspecified atom stereocenters. The summed E-state index contributed by atoms with van der Waals surface area (Å²) in [6.45, 7) is 3.79. The van der Waals surface area contributed by atoms with E-state index in [-0.39, 0.29) is 69.2 Å². The molecule has 12 nitrogen and oxygen atoms in total. The third-order valence-electron chi connectivity index (χ3n) is 12.3. The molecule has 0 radical (unpaired) electrons. The molecule has 2 aliphatic carbocycles. The minimum Gasteiger partial charge on any atom is -0.351 e. The SMILES string of the molecule is C[C@@H](NC(=O)C1CCC(N)CC1)c1ccc(F)cc1.C[C@@H](NC(=O)C1CCC(NS(=O)(=O)c2ccc3c(ccn3C)c2)CC1)c1ccc(F)cc1.Cn1ccc2cc(S(=O)(=O)Cl)ccc21.